The zero-order valence-corrected chi connectivity index (χ0v) is 9.60. The van der Waals surface area contributed by atoms with E-state index in [-0.39, 0.29) is 6.10 Å². The van der Waals surface area contributed by atoms with Gasteiger partial charge in [-0.2, -0.15) is 0 Å². The van der Waals surface area contributed by atoms with Gasteiger partial charge in [0, 0.05) is 18.7 Å². The summed E-state index contributed by atoms with van der Waals surface area (Å²) < 4.78 is 6.08. The fourth-order valence-electron chi connectivity index (χ4n) is 2.15. The van der Waals surface area contributed by atoms with Gasteiger partial charge in [-0.15, -0.1) is 0 Å². The molecular weight excluding hydrogens is 210 g/mol. The lowest BCUT2D eigenvalue weighted by Gasteiger charge is -2.17. The largest absolute Gasteiger partial charge is 0.484 e. The Balaban J connectivity index is 1.91. The van der Waals surface area contributed by atoms with E-state index in [9.17, 15) is 0 Å². The highest BCUT2D eigenvalue weighted by Gasteiger charge is 2.17. The molecule has 2 aromatic rings. The first-order chi connectivity index (χ1) is 8.43. The maximum Gasteiger partial charge on any atom is 0.136 e. The standard InChI is InChI=1S/C15H15NO/c1-2-6-12(7-3-1)15-11-16-10-13-8-4-5-9-14(13)17-15/h1-9,15-16H,10-11H2. The normalized spacial score (nSPS) is 18.9. The van der Waals surface area contributed by atoms with E-state index in [4.69, 9.17) is 4.74 Å². The zero-order chi connectivity index (χ0) is 11.5. The predicted octanol–water partition coefficient (Wildman–Crippen LogP) is 2.91. The number of fused-ring (bicyclic) bond motifs is 1. The quantitative estimate of drug-likeness (QED) is 0.805. The molecule has 2 heteroatoms. The van der Waals surface area contributed by atoms with Crippen LogP contribution in [0.1, 0.15) is 17.2 Å². The first-order valence-electron chi connectivity index (χ1n) is 5.94. The Morgan fingerprint density at radius 3 is 2.59 bits per heavy atom. The Bertz CT molecular complexity index is 495. The molecule has 1 unspecified atom stereocenters. The number of ether oxygens (including phenoxy) is 1. The summed E-state index contributed by atoms with van der Waals surface area (Å²) >= 11 is 0. The van der Waals surface area contributed by atoms with Gasteiger partial charge < -0.3 is 10.1 Å². The van der Waals surface area contributed by atoms with Crippen LogP contribution in [0.25, 0.3) is 0 Å². The molecule has 3 rings (SSSR count). The maximum absolute atomic E-state index is 6.08. The highest BCUT2D eigenvalue weighted by molar-refractivity contribution is 5.35. The van der Waals surface area contributed by atoms with Crippen LogP contribution in [0, 0.1) is 0 Å². The summed E-state index contributed by atoms with van der Waals surface area (Å²) in [6.07, 6.45) is 0.0971. The molecule has 0 aliphatic carbocycles. The van der Waals surface area contributed by atoms with Crippen LogP contribution in [-0.4, -0.2) is 6.54 Å². The molecule has 1 N–H and O–H groups in total. The molecule has 86 valence electrons. The number of nitrogens with one attached hydrogen (secondary N) is 1. The van der Waals surface area contributed by atoms with Crippen molar-refractivity contribution in [3.63, 3.8) is 0 Å². The number of rotatable bonds is 1. The Morgan fingerprint density at radius 1 is 0.941 bits per heavy atom. The van der Waals surface area contributed by atoms with Crippen molar-refractivity contribution in [1.82, 2.24) is 5.32 Å². The van der Waals surface area contributed by atoms with E-state index in [1.807, 2.05) is 24.3 Å². The molecule has 1 atom stereocenters. The van der Waals surface area contributed by atoms with Crippen LogP contribution in [0.5, 0.6) is 5.75 Å². The van der Waals surface area contributed by atoms with E-state index in [2.05, 4.69) is 35.6 Å². The molecular formula is C15H15NO. The lowest BCUT2D eigenvalue weighted by atomic mass is 10.1. The average molecular weight is 225 g/mol. The third-order valence-electron chi connectivity index (χ3n) is 3.06. The van der Waals surface area contributed by atoms with Crippen LogP contribution in [0.2, 0.25) is 0 Å². The van der Waals surface area contributed by atoms with Gasteiger partial charge >= 0.3 is 0 Å². The van der Waals surface area contributed by atoms with Gasteiger partial charge in [0.1, 0.15) is 11.9 Å². The molecule has 0 saturated heterocycles. The minimum Gasteiger partial charge on any atom is -0.484 e. The van der Waals surface area contributed by atoms with Gasteiger partial charge in [-0.25, -0.2) is 0 Å². The van der Waals surface area contributed by atoms with Gasteiger partial charge in [0.25, 0.3) is 0 Å². The van der Waals surface area contributed by atoms with Crippen molar-refractivity contribution in [2.75, 3.05) is 6.54 Å². The summed E-state index contributed by atoms with van der Waals surface area (Å²) in [5, 5.41) is 3.43. The van der Waals surface area contributed by atoms with Crippen LogP contribution in [0.4, 0.5) is 0 Å². The first kappa shape index (κ1) is 10.4. The third kappa shape index (κ3) is 2.17. The molecule has 0 bridgehead atoms. The molecule has 1 heterocycles. The van der Waals surface area contributed by atoms with Crippen LogP contribution < -0.4 is 10.1 Å². The second-order valence-corrected chi connectivity index (χ2v) is 4.26. The van der Waals surface area contributed by atoms with Gasteiger partial charge in [-0.3, -0.25) is 0 Å². The van der Waals surface area contributed by atoms with Gasteiger partial charge in [0.05, 0.1) is 0 Å². The van der Waals surface area contributed by atoms with Crippen molar-refractivity contribution in [1.29, 1.82) is 0 Å². The molecule has 0 saturated carbocycles. The summed E-state index contributed by atoms with van der Waals surface area (Å²) in [7, 11) is 0. The highest BCUT2D eigenvalue weighted by atomic mass is 16.5. The number of hydrogen-bond acceptors (Lipinski definition) is 2. The minimum absolute atomic E-state index is 0.0971. The second-order valence-electron chi connectivity index (χ2n) is 4.26. The molecule has 0 aromatic heterocycles. The average Bonchev–Trinajstić information content (AvgIpc) is 2.62. The summed E-state index contributed by atoms with van der Waals surface area (Å²) in [4.78, 5) is 0. The van der Waals surface area contributed by atoms with Gasteiger partial charge in [0.2, 0.25) is 0 Å². The maximum atomic E-state index is 6.08. The fourth-order valence-corrected chi connectivity index (χ4v) is 2.15. The monoisotopic (exact) mass is 225 g/mol. The molecule has 0 spiro atoms. The summed E-state index contributed by atoms with van der Waals surface area (Å²) in [5.74, 6) is 0.992. The smallest absolute Gasteiger partial charge is 0.136 e. The van der Waals surface area contributed by atoms with Crippen molar-refractivity contribution in [3.05, 3.63) is 65.7 Å². The van der Waals surface area contributed by atoms with E-state index in [0.717, 1.165) is 18.8 Å². The van der Waals surface area contributed by atoms with Crippen molar-refractivity contribution >= 4 is 0 Å². The SMILES string of the molecule is c1ccc(C2CNCc3ccccc3O2)cc1. The molecule has 0 radical (unpaired) electrons. The predicted molar refractivity (Wildman–Crippen MR) is 68.0 cm³/mol. The molecule has 17 heavy (non-hydrogen) atoms. The van der Waals surface area contributed by atoms with E-state index in [1.54, 1.807) is 0 Å². The molecule has 0 fully saturated rings. The first-order valence-corrected chi connectivity index (χ1v) is 5.94. The Kier molecular flexibility index (Phi) is 2.80. The summed E-state index contributed by atoms with van der Waals surface area (Å²) in [6, 6.07) is 18.6. The van der Waals surface area contributed by atoms with Gasteiger partial charge in [-0.05, 0) is 11.6 Å². The van der Waals surface area contributed by atoms with Gasteiger partial charge in [0.15, 0.2) is 0 Å². The van der Waals surface area contributed by atoms with Crippen LogP contribution >= 0.6 is 0 Å². The van der Waals surface area contributed by atoms with E-state index >= 15 is 0 Å². The van der Waals surface area contributed by atoms with E-state index < -0.39 is 0 Å². The molecule has 1 aliphatic heterocycles. The van der Waals surface area contributed by atoms with Crippen LogP contribution in [0.3, 0.4) is 0 Å². The number of benzene rings is 2. The molecule has 2 nitrogen and oxygen atoms in total. The van der Waals surface area contributed by atoms with Crippen molar-refractivity contribution < 1.29 is 4.74 Å². The van der Waals surface area contributed by atoms with Gasteiger partial charge in [-0.1, -0.05) is 48.5 Å². The van der Waals surface area contributed by atoms with E-state index in [1.165, 1.54) is 11.1 Å². The highest BCUT2D eigenvalue weighted by Crippen LogP contribution is 2.27. The van der Waals surface area contributed by atoms with Crippen LogP contribution in [-0.2, 0) is 6.54 Å². The zero-order valence-electron chi connectivity index (χ0n) is 9.60. The number of hydrogen-bond donors (Lipinski definition) is 1. The summed E-state index contributed by atoms with van der Waals surface area (Å²) in [6.45, 7) is 1.72. The Hall–Kier alpha value is -1.80. The lowest BCUT2D eigenvalue weighted by Crippen LogP contribution is -2.21. The minimum atomic E-state index is 0.0971. The molecule has 2 aromatic carbocycles. The van der Waals surface area contributed by atoms with Crippen LogP contribution in [0.15, 0.2) is 54.6 Å². The topological polar surface area (TPSA) is 21.3 Å². The Morgan fingerprint density at radius 2 is 1.71 bits per heavy atom. The Labute approximate surface area is 101 Å². The fraction of sp³-hybridized carbons (Fsp3) is 0.200. The molecule has 1 aliphatic rings. The molecule has 0 amide bonds. The third-order valence-corrected chi connectivity index (χ3v) is 3.06. The van der Waals surface area contributed by atoms with Crippen molar-refractivity contribution in [3.8, 4) is 5.75 Å². The van der Waals surface area contributed by atoms with Crippen molar-refractivity contribution in [2.24, 2.45) is 0 Å². The van der Waals surface area contributed by atoms with Crippen molar-refractivity contribution in [2.45, 2.75) is 12.6 Å². The number of para-hydroxylation sites is 1. The van der Waals surface area contributed by atoms with E-state index in [0.29, 0.717) is 0 Å². The second kappa shape index (κ2) is 4.60. The summed E-state index contributed by atoms with van der Waals surface area (Å²) in [5.41, 5.74) is 2.45. The lowest BCUT2D eigenvalue weighted by molar-refractivity contribution is 0.210.